The van der Waals surface area contributed by atoms with Crippen molar-refractivity contribution in [2.24, 2.45) is 5.92 Å². The van der Waals surface area contributed by atoms with Crippen LogP contribution in [0.3, 0.4) is 0 Å². The first-order chi connectivity index (χ1) is 9.81. The Bertz CT molecular complexity index is 408. The first-order valence-corrected chi connectivity index (χ1v) is 7.66. The fourth-order valence-corrected chi connectivity index (χ4v) is 3.01. The summed E-state index contributed by atoms with van der Waals surface area (Å²) in [4.78, 5) is 4.93. The lowest BCUT2D eigenvalue weighted by atomic mass is 9.99. The highest BCUT2D eigenvalue weighted by Crippen LogP contribution is 2.18. The Balaban J connectivity index is 1.47. The predicted octanol–water partition coefficient (Wildman–Crippen LogP) is 1.33. The van der Waals surface area contributed by atoms with Crippen LogP contribution in [0.2, 0.25) is 0 Å². The lowest BCUT2D eigenvalue weighted by Crippen LogP contribution is -2.48. The van der Waals surface area contributed by atoms with Crippen molar-refractivity contribution in [3.63, 3.8) is 0 Å². The number of hydrogen-bond donors (Lipinski definition) is 0. The van der Waals surface area contributed by atoms with Gasteiger partial charge in [0.05, 0.1) is 5.69 Å². The summed E-state index contributed by atoms with van der Waals surface area (Å²) >= 11 is 0. The molecular formula is C15H24N4O. The average molecular weight is 276 g/mol. The van der Waals surface area contributed by atoms with E-state index in [0.717, 1.165) is 56.8 Å². The average Bonchev–Trinajstić information content (AvgIpc) is 2.50. The summed E-state index contributed by atoms with van der Waals surface area (Å²) in [5.41, 5.74) is 0.979. The molecule has 0 aliphatic carbocycles. The van der Waals surface area contributed by atoms with Crippen molar-refractivity contribution in [3.05, 3.63) is 17.8 Å². The Hall–Kier alpha value is -1.20. The number of anilines is 1. The third-order valence-electron chi connectivity index (χ3n) is 4.34. The first kappa shape index (κ1) is 13.8. The van der Waals surface area contributed by atoms with Gasteiger partial charge in [-0.3, -0.25) is 4.90 Å². The third-order valence-corrected chi connectivity index (χ3v) is 4.34. The van der Waals surface area contributed by atoms with Crippen molar-refractivity contribution < 1.29 is 4.74 Å². The van der Waals surface area contributed by atoms with E-state index in [1.54, 1.807) is 0 Å². The van der Waals surface area contributed by atoms with Crippen LogP contribution in [0.1, 0.15) is 18.5 Å². The van der Waals surface area contributed by atoms with Gasteiger partial charge in [0.1, 0.15) is 0 Å². The molecule has 0 unspecified atom stereocenters. The predicted molar refractivity (Wildman–Crippen MR) is 79.0 cm³/mol. The van der Waals surface area contributed by atoms with Crippen molar-refractivity contribution in [3.8, 4) is 0 Å². The highest BCUT2D eigenvalue weighted by Gasteiger charge is 2.22. The smallest absolute Gasteiger partial charge is 0.151 e. The van der Waals surface area contributed by atoms with Crippen molar-refractivity contribution >= 4 is 5.82 Å². The van der Waals surface area contributed by atoms with Crippen molar-refractivity contribution in [2.45, 2.75) is 19.8 Å². The Morgan fingerprint density at radius 1 is 1.10 bits per heavy atom. The maximum absolute atomic E-state index is 5.43. The van der Waals surface area contributed by atoms with Crippen LogP contribution >= 0.6 is 0 Å². The number of rotatable bonds is 3. The highest BCUT2D eigenvalue weighted by atomic mass is 16.5. The lowest BCUT2D eigenvalue weighted by Gasteiger charge is -2.37. The summed E-state index contributed by atoms with van der Waals surface area (Å²) in [7, 11) is 0. The fourth-order valence-electron chi connectivity index (χ4n) is 3.01. The van der Waals surface area contributed by atoms with E-state index in [0.29, 0.717) is 0 Å². The van der Waals surface area contributed by atoms with E-state index in [1.165, 1.54) is 19.4 Å². The van der Waals surface area contributed by atoms with Gasteiger partial charge in [0.15, 0.2) is 5.82 Å². The topological polar surface area (TPSA) is 41.5 Å². The molecule has 0 aromatic carbocycles. The van der Waals surface area contributed by atoms with Gasteiger partial charge < -0.3 is 9.64 Å². The van der Waals surface area contributed by atoms with Gasteiger partial charge in [-0.2, -0.15) is 5.10 Å². The van der Waals surface area contributed by atoms with Crippen LogP contribution in [0, 0.1) is 12.8 Å². The first-order valence-electron chi connectivity index (χ1n) is 7.66. The molecule has 0 saturated carbocycles. The molecule has 5 heteroatoms. The molecular weight excluding hydrogens is 252 g/mol. The van der Waals surface area contributed by atoms with Crippen molar-refractivity contribution in [1.82, 2.24) is 15.1 Å². The Labute approximate surface area is 120 Å². The quantitative estimate of drug-likeness (QED) is 0.833. The van der Waals surface area contributed by atoms with E-state index >= 15 is 0 Å². The molecule has 2 saturated heterocycles. The molecule has 2 fully saturated rings. The SMILES string of the molecule is Cc1ccc(N2CCN(CC3CCOCC3)CC2)nn1. The Kier molecular flexibility index (Phi) is 4.47. The molecule has 3 rings (SSSR count). The Morgan fingerprint density at radius 2 is 1.85 bits per heavy atom. The molecule has 2 aliphatic heterocycles. The van der Waals surface area contributed by atoms with Gasteiger partial charge in [0.2, 0.25) is 0 Å². The Morgan fingerprint density at radius 3 is 2.50 bits per heavy atom. The van der Waals surface area contributed by atoms with Crippen LogP contribution in [0.15, 0.2) is 12.1 Å². The van der Waals surface area contributed by atoms with E-state index in [1.807, 2.05) is 13.0 Å². The fraction of sp³-hybridized carbons (Fsp3) is 0.733. The van der Waals surface area contributed by atoms with Gasteiger partial charge in [-0.15, -0.1) is 5.10 Å². The number of piperazine rings is 1. The minimum Gasteiger partial charge on any atom is -0.381 e. The second-order valence-corrected chi connectivity index (χ2v) is 5.88. The summed E-state index contributed by atoms with van der Waals surface area (Å²) < 4.78 is 5.43. The second-order valence-electron chi connectivity index (χ2n) is 5.88. The van der Waals surface area contributed by atoms with Crippen LogP contribution in [0.5, 0.6) is 0 Å². The van der Waals surface area contributed by atoms with Crippen LogP contribution in [-0.4, -0.2) is 61.0 Å². The number of hydrogen-bond acceptors (Lipinski definition) is 5. The molecule has 3 heterocycles. The molecule has 1 aromatic rings. The molecule has 1 aromatic heterocycles. The monoisotopic (exact) mass is 276 g/mol. The van der Waals surface area contributed by atoms with E-state index in [2.05, 4.69) is 26.1 Å². The number of ether oxygens (including phenoxy) is 1. The van der Waals surface area contributed by atoms with E-state index in [4.69, 9.17) is 4.74 Å². The van der Waals surface area contributed by atoms with Gasteiger partial charge in [-0.25, -0.2) is 0 Å². The molecule has 0 N–H and O–H groups in total. The van der Waals surface area contributed by atoms with E-state index in [9.17, 15) is 0 Å². The lowest BCUT2D eigenvalue weighted by molar-refractivity contribution is 0.0517. The molecule has 0 amide bonds. The van der Waals surface area contributed by atoms with Crippen molar-refractivity contribution in [1.29, 1.82) is 0 Å². The zero-order valence-electron chi connectivity index (χ0n) is 12.3. The normalized spacial score (nSPS) is 22.1. The summed E-state index contributed by atoms with van der Waals surface area (Å²) in [6, 6.07) is 4.12. The zero-order valence-corrected chi connectivity index (χ0v) is 12.3. The van der Waals surface area contributed by atoms with E-state index < -0.39 is 0 Å². The van der Waals surface area contributed by atoms with Gasteiger partial charge in [0, 0.05) is 45.9 Å². The van der Waals surface area contributed by atoms with E-state index in [-0.39, 0.29) is 0 Å². The van der Waals surface area contributed by atoms with Gasteiger partial charge in [0.25, 0.3) is 0 Å². The summed E-state index contributed by atoms with van der Waals surface area (Å²) in [5, 5.41) is 8.43. The minimum absolute atomic E-state index is 0.828. The third kappa shape index (κ3) is 3.46. The standard InChI is InChI=1S/C15H24N4O/c1-13-2-3-15(17-16-13)19-8-6-18(7-9-19)12-14-4-10-20-11-5-14/h2-3,14H,4-12H2,1H3. The van der Waals surface area contributed by atoms with Crippen LogP contribution in [0.4, 0.5) is 5.82 Å². The molecule has 0 spiro atoms. The van der Waals surface area contributed by atoms with Gasteiger partial charge >= 0.3 is 0 Å². The van der Waals surface area contributed by atoms with Crippen LogP contribution in [-0.2, 0) is 4.74 Å². The maximum atomic E-state index is 5.43. The molecule has 5 nitrogen and oxygen atoms in total. The highest BCUT2D eigenvalue weighted by molar-refractivity contribution is 5.37. The molecule has 2 aliphatic rings. The van der Waals surface area contributed by atoms with Gasteiger partial charge in [-0.05, 0) is 37.8 Å². The van der Waals surface area contributed by atoms with Crippen molar-refractivity contribution in [2.75, 3.05) is 50.8 Å². The van der Waals surface area contributed by atoms with Crippen LogP contribution in [0.25, 0.3) is 0 Å². The minimum atomic E-state index is 0.828. The number of aromatic nitrogens is 2. The molecule has 0 atom stereocenters. The molecule has 110 valence electrons. The van der Waals surface area contributed by atoms with Crippen LogP contribution < -0.4 is 4.90 Å². The number of nitrogens with zero attached hydrogens (tertiary/aromatic N) is 4. The molecule has 20 heavy (non-hydrogen) atoms. The van der Waals surface area contributed by atoms with Gasteiger partial charge in [-0.1, -0.05) is 0 Å². The largest absolute Gasteiger partial charge is 0.381 e. The molecule has 0 radical (unpaired) electrons. The summed E-state index contributed by atoms with van der Waals surface area (Å²) in [6.45, 7) is 9.48. The summed E-state index contributed by atoms with van der Waals surface area (Å²) in [6.07, 6.45) is 2.45. The second kappa shape index (κ2) is 6.50. The molecule has 0 bridgehead atoms. The summed E-state index contributed by atoms with van der Waals surface area (Å²) in [5.74, 6) is 1.84. The maximum Gasteiger partial charge on any atom is 0.151 e. The number of aryl methyl sites for hydroxylation is 1. The zero-order chi connectivity index (χ0) is 13.8.